The number of amides is 1. The van der Waals surface area contributed by atoms with Gasteiger partial charge in [0.2, 0.25) is 5.91 Å². The number of hydrogen-bond acceptors (Lipinski definition) is 3. The van der Waals surface area contributed by atoms with Crippen LogP contribution in [0.4, 0.5) is 5.69 Å². The summed E-state index contributed by atoms with van der Waals surface area (Å²) in [6, 6.07) is 9.74. The fraction of sp³-hybridized carbons (Fsp3) is 0.333. The first-order valence-electron chi connectivity index (χ1n) is 6.63. The van der Waals surface area contributed by atoms with Crippen molar-refractivity contribution < 1.29 is 4.79 Å². The number of aromatic nitrogens is 2. The highest BCUT2D eigenvalue weighted by Gasteiger charge is 2.09. The van der Waals surface area contributed by atoms with Gasteiger partial charge in [0.25, 0.3) is 0 Å². The molecule has 1 aromatic heterocycles. The van der Waals surface area contributed by atoms with Crippen LogP contribution in [0.25, 0.3) is 0 Å². The SMILES string of the molecule is CNCc1ccccc1NC(=O)Cn1nc(C)cc1C. The molecule has 1 heterocycles. The zero-order valence-corrected chi connectivity index (χ0v) is 12.1. The molecule has 20 heavy (non-hydrogen) atoms. The van der Waals surface area contributed by atoms with Crippen LogP contribution in [0.3, 0.4) is 0 Å². The minimum atomic E-state index is -0.0697. The van der Waals surface area contributed by atoms with E-state index in [-0.39, 0.29) is 12.5 Å². The van der Waals surface area contributed by atoms with Gasteiger partial charge in [-0.05, 0) is 38.6 Å². The van der Waals surface area contributed by atoms with Gasteiger partial charge >= 0.3 is 0 Å². The summed E-state index contributed by atoms with van der Waals surface area (Å²) in [4.78, 5) is 12.1. The smallest absolute Gasteiger partial charge is 0.246 e. The van der Waals surface area contributed by atoms with E-state index in [0.717, 1.165) is 29.2 Å². The van der Waals surface area contributed by atoms with Gasteiger partial charge in [-0.15, -0.1) is 0 Å². The summed E-state index contributed by atoms with van der Waals surface area (Å²) >= 11 is 0. The van der Waals surface area contributed by atoms with Gasteiger partial charge in [-0.1, -0.05) is 18.2 Å². The van der Waals surface area contributed by atoms with Crippen molar-refractivity contribution in [2.75, 3.05) is 12.4 Å². The Kier molecular flexibility index (Phi) is 4.53. The lowest BCUT2D eigenvalue weighted by molar-refractivity contribution is -0.116. The predicted molar refractivity (Wildman–Crippen MR) is 79.5 cm³/mol. The first-order chi connectivity index (χ1) is 9.60. The van der Waals surface area contributed by atoms with Crippen molar-refractivity contribution in [2.24, 2.45) is 0 Å². The molecule has 0 atom stereocenters. The van der Waals surface area contributed by atoms with Crippen LogP contribution in [-0.4, -0.2) is 22.7 Å². The second-order valence-electron chi connectivity index (χ2n) is 4.82. The summed E-state index contributed by atoms with van der Waals surface area (Å²) in [6.45, 7) is 4.82. The molecule has 2 aromatic rings. The lowest BCUT2D eigenvalue weighted by atomic mass is 10.1. The van der Waals surface area contributed by atoms with Crippen LogP contribution in [0.5, 0.6) is 0 Å². The molecule has 0 bridgehead atoms. The molecule has 5 nitrogen and oxygen atoms in total. The Morgan fingerprint density at radius 1 is 1.30 bits per heavy atom. The number of rotatable bonds is 5. The van der Waals surface area contributed by atoms with Gasteiger partial charge < -0.3 is 10.6 Å². The number of nitrogens with one attached hydrogen (secondary N) is 2. The Balaban J connectivity index is 2.06. The molecule has 0 spiro atoms. The zero-order chi connectivity index (χ0) is 14.5. The standard InChI is InChI=1S/C15H20N4O/c1-11-8-12(2)19(18-11)10-15(20)17-14-7-5-4-6-13(14)9-16-3/h4-8,16H,9-10H2,1-3H3,(H,17,20). The summed E-state index contributed by atoms with van der Waals surface area (Å²) in [5, 5.41) is 10.3. The molecule has 0 fully saturated rings. The molecule has 106 valence electrons. The lowest BCUT2D eigenvalue weighted by Gasteiger charge is -2.11. The normalized spacial score (nSPS) is 10.6. The van der Waals surface area contributed by atoms with Crippen molar-refractivity contribution in [3.8, 4) is 0 Å². The van der Waals surface area contributed by atoms with Crippen LogP contribution in [0.1, 0.15) is 17.0 Å². The van der Waals surface area contributed by atoms with Crippen LogP contribution in [0, 0.1) is 13.8 Å². The van der Waals surface area contributed by atoms with Gasteiger partial charge in [0.05, 0.1) is 5.69 Å². The van der Waals surface area contributed by atoms with Gasteiger partial charge in [0.1, 0.15) is 6.54 Å². The Labute approximate surface area is 119 Å². The van der Waals surface area contributed by atoms with E-state index in [1.807, 2.05) is 51.2 Å². The number of nitrogens with zero attached hydrogens (tertiary/aromatic N) is 2. The highest BCUT2D eigenvalue weighted by atomic mass is 16.2. The van der Waals surface area contributed by atoms with Gasteiger partial charge in [-0.2, -0.15) is 5.10 Å². The number of para-hydroxylation sites is 1. The maximum absolute atomic E-state index is 12.1. The molecule has 0 aliphatic carbocycles. The first kappa shape index (κ1) is 14.3. The molecule has 0 aliphatic rings. The molecule has 5 heteroatoms. The second kappa shape index (κ2) is 6.34. The monoisotopic (exact) mass is 272 g/mol. The number of aryl methyl sites for hydroxylation is 2. The molecular weight excluding hydrogens is 252 g/mol. The molecule has 0 saturated carbocycles. The quantitative estimate of drug-likeness (QED) is 0.873. The molecule has 0 aliphatic heterocycles. The maximum Gasteiger partial charge on any atom is 0.246 e. The summed E-state index contributed by atoms with van der Waals surface area (Å²) in [5.41, 5.74) is 3.82. The van der Waals surface area contributed by atoms with Crippen molar-refractivity contribution in [1.82, 2.24) is 15.1 Å². The van der Waals surface area contributed by atoms with E-state index >= 15 is 0 Å². The molecule has 0 unspecified atom stereocenters. The largest absolute Gasteiger partial charge is 0.324 e. The molecular formula is C15H20N4O. The summed E-state index contributed by atoms with van der Waals surface area (Å²) in [6.07, 6.45) is 0. The summed E-state index contributed by atoms with van der Waals surface area (Å²) in [7, 11) is 1.88. The Bertz CT molecular complexity index is 604. The average Bonchev–Trinajstić information content (AvgIpc) is 2.70. The van der Waals surface area contributed by atoms with Gasteiger partial charge in [-0.25, -0.2) is 0 Å². The highest BCUT2D eigenvalue weighted by Crippen LogP contribution is 2.14. The Morgan fingerprint density at radius 2 is 2.05 bits per heavy atom. The van der Waals surface area contributed by atoms with E-state index in [4.69, 9.17) is 0 Å². The van der Waals surface area contributed by atoms with E-state index in [1.165, 1.54) is 0 Å². The Hall–Kier alpha value is -2.14. The fourth-order valence-electron chi connectivity index (χ4n) is 2.15. The third-order valence-corrected chi connectivity index (χ3v) is 3.06. The number of benzene rings is 1. The van der Waals surface area contributed by atoms with Crippen LogP contribution < -0.4 is 10.6 Å². The van der Waals surface area contributed by atoms with Crippen LogP contribution in [0.2, 0.25) is 0 Å². The fourth-order valence-corrected chi connectivity index (χ4v) is 2.15. The molecule has 0 saturated heterocycles. The number of hydrogen-bond donors (Lipinski definition) is 2. The minimum absolute atomic E-state index is 0.0697. The van der Waals surface area contributed by atoms with E-state index in [0.29, 0.717) is 0 Å². The van der Waals surface area contributed by atoms with Crippen molar-refractivity contribution >= 4 is 11.6 Å². The van der Waals surface area contributed by atoms with E-state index in [1.54, 1.807) is 4.68 Å². The molecule has 0 radical (unpaired) electrons. The average molecular weight is 272 g/mol. The summed E-state index contributed by atoms with van der Waals surface area (Å²) < 4.78 is 1.71. The second-order valence-corrected chi connectivity index (χ2v) is 4.82. The lowest BCUT2D eigenvalue weighted by Crippen LogP contribution is -2.21. The van der Waals surface area contributed by atoms with Crippen LogP contribution >= 0.6 is 0 Å². The van der Waals surface area contributed by atoms with Gasteiger partial charge in [0.15, 0.2) is 0 Å². The number of carbonyl (C=O) groups is 1. The van der Waals surface area contributed by atoms with Crippen LogP contribution in [-0.2, 0) is 17.9 Å². The summed E-state index contributed by atoms with van der Waals surface area (Å²) in [5.74, 6) is -0.0697. The molecule has 2 N–H and O–H groups in total. The number of anilines is 1. The first-order valence-corrected chi connectivity index (χ1v) is 6.63. The zero-order valence-electron chi connectivity index (χ0n) is 12.1. The topological polar surface area (TPSA) is 58.9 Å². The molecule has 1 amide bonds. The predicted octanol–water partition coefficient (Wildman–Crippen LogP) is 1.86. The van der Waals surface area contributed by atoms with E-state index < -0.39 is 0 Å². The van der Waals surface area contributed by atoms with Gasteiger partial charge in [0, 0.05) is 17.9 Å². The molecule has 2 rings (SSSR count). The highest BCUT2D eigenvalue weighted by molar-refractivity contribution is 5.91. The van der Waals surface area contributed by atoms with Gasteiger partial charge in [-0.3, -0.25) is 9.48 Å². The van der Waals surface area contributed by atoms with Crippen molar-refractivity contribution in [3.63, 3.8) is 0 Å². The Morgan fingerprint density at radius 3 is 2.70 bits per heavy atom. The molecule has 1 aromatic carbocycles. The van der Waals surface area contributed by atoms with E-state index in [9.17, 15) is 4.79 Å². The maximum atomic E-state index is 12.1. The van der Waals surface area contributed by atoms with E-state index in [2.05, 4.69) is 15.7 Å². The van der Waals surface area contributed by atoms with Crippen molar-refractivity contribution in [1.29, 1.82) is 0 Å². The minimum Gasteiger partial charge on any atom is -0.324 e. The third-order valence-electron chi connectivity index (χ3n) is 3.06. The number of carbonyl (C=O) groups excluding carboxylic acids is 1. The van der Waals surface area contributed by atoms with Crippen LogP contribution in [0.15, 0.2) is 30.3 Å². The van der Waals surface area contributed by atoms with Crippen molar-refractivity contribution in [3.05, 3.63) is 47.3 Å². The van der Waals surface area contributed by atoms with Crippen molar-refractivity contribution in [2.45, 2.75) is 26.9 Å². The third kappa shape index (κ3) is 3.45.